The molecule has 1 spiro atoms. The van der Waals surface area contributed by atoms with Crippen LogP contribution >= 0.6 is 0 Å². The van der Waals surface area contributed by atoms with Crippen molar-refractivity contribution < 1.29 is 14.3 Å². The number of aldehydes is 1. The molecular formula is C23H26N2O3. The molecule has 0 aromatic carbocycles. The molecule has 0 unspecified atom stereocenters. The number of hydrogen-bond acceptors (Lipinski definition) is 5. The Morgan fingerprint density at radius 2 is 2.07 bits per heavy atom. The van der Waals surface area contributed by atoms with Gasteiger partial charge in [-0.25, -0.2) is 0 Å². The van der Waals surface area contributed by atoms with Crippen molar-refractivity contribution in [1.82, 2.24) is 9.97 Å². The van der Waals surface area contributed by atoms with Crippen molar-refractivity contribution >= 4 is 6.29 Å². The molecule has 3 aliphatic rings. The predicted molar refractivity (Wildman–Crippen MR) is 104 cm³/mol. The second-order valence-electron chi connectivity index (χ2n) is 8.44. The SMILES string of the molecule is O=Cc1cc2c(cn1)[C@]1(Cc3ccccn3)CCC3(C[C@H]1CCC2)OCCO3. The van der Waals surface area contributed by atoms with Gasteiger partial charge < -0.3 is 9.47 Å². The van der Waals surface area contributed by atoms with Gasteiger partial charge >= 0.3 is 0 Å². The van der Waals surface area contributed by atoms with Crippen LogP contribution in [0.2, 0.25) is 0 Å². The van der Waals surface area contributed by atoms with Crippen molar-refractivity contribution in [2.45, 2.75) is 56.1 Å². The molecule has 0 bridgehead atoms. The molecule has 1 aliphatic heterocycles. The topological polar surface area (TPSA) is 61.3 Å². The lowest BCUT2D eigenvalue weighted by atomic mass is 9.58. The molecule has 0 N–H and O–H groups in total. The zero-order valence-electron chi connectivity index (χ0n) is 16.1. The summed E-state index contributed by atoms with van der Waals surface area (Å²) in [5, 5.41) is 0. The smallest absolute Gasteiger partial charge is 0.168 e. The molecule has 5 nitrogen and oxygen atoms in total. The summed E-state index contributed by atoms with van der Waals surface area (Å²) in [4.78, 5) is 20.4. The average molecular weight is 378 g/mol. The van der Waals surface area contributed by atoms with E-state index < -0.39 is 5.79 Å². The molecule has 2 aliphatic carbocycles. The van der Waals surface area contributed by atoms with Crippen LogP contribution in [0.3, 0.4) is 0 Å². The van der Waals surface area contributed by atoms with E-state index in [0.717, 1.165) is 56.9 Å². The fourth-order valence-corrected chi connectivity index (χ4v) is 5.71. The Bertz CT molecular complexity index is 863. The third kappa shape index (κ3) is 2.97. The van der Waals surface area contributed by atoms with Crippen LogP contribution in [0.25, 0.3) is 0 Å². The molecule has 28 heavy (non-hydrogen) atoms. The molecule has 5 heteroatoms. The van der Waals surface area contributed by atoms with Crippen molar-refractivity contribution in [3.63, 3.8) is 0 Å². The van der Waals surface area contributed by atoms with Gasteiger partial charge in [-0.15, -0.1) is 0 Å². The van der Waals surface area contributed by atoms with Crippen LogP contribution in [0.1, 0.15) is 59.4 Å². The number of carbonyl (C=O) groups is 1. The quantitative estimate of drug-likeness (QED) is 0.763. The van der Waals surface area contributed by atoms with Crippen LogP contribution in [-0.2, 0) is 27.7 Å². The van der Waals surface area contributed by atoms with Crippen molar-refractivity contribution in [2.75, 3.05) is 13.2 Å². The van der Waals surface area contributed by atoms with Crippen LogP contribution in [0.4, 0.5) is 0 Å². The summed E-state index contributed by atoms with van der Waals surface area (Å²) >= 11 is 0. The second kappa shape index (κ2) is 7.05. The third-order valence-corrected chi connectivity index (χ3v) is 6.99. The van der Waals surface area contributed by atoms with E-state index in [-0.39, 0.29) is 5.41 Å². The minimum absolute atomic E-state index is 0.0326. The number of hydrogen-bond donors (Lipinski definition) is 0. The number of aromatic nitrogens is 2. The fraction of sp³-hybridized carbons (Fsp3) is 0.522. The Labute approximate surface area is 165 Å². The van der Waals surface area contributed by atoms with E-state index in [1.165, 1.54) is 11.1 Å². The molecule has 5 rings (SSSR count). The fourth-order valence-electron chi connectivity index (χ4n) is 5.71. The maximum Gasteiger partial charge on any atom is 0.168 e. The minimum atomic E-state index is -0.404. The van der Waals surface area contributed by atoms with E-state index in [1.807, 2.05) is 24.5 Å². The van der Waals surface area contributed by atoms with Crippen molar-refractivity contribution in [3.05, 3.63) is 59.2 Å². The summed E-state index contributed by atoms with van der Waals surface area (Å²) in [6, 6.07) is 8.15. The number of ether oxygens (including phenoxy) is 2. The zero-order valence-corrected chi connectivity index (χ0v) is 16.1. The normalized spacial score (nSPS) is 28.4. The standard InChI is InChI=1S/C23H26N2O3/c26-16-20-12-17-4-3-5-18-13-23(27-10-11-28-23)8-7-22(18,21(17)15-25-20)14-19-6-1-2-9-24-19/h1-2,6,9,12,15-16,18H,3-5,7-8,10-11,13-14H2/t18-,22+/m1/s1. The largest absolute Gasteiger partial charge is 0.348 e. The van der Waals surface area contributed by atoms with E-state index in [9.17, 15) is 4.79 Å². The molecule has 1 saturated carbocycles. The Hall–Kier alpha value is -2.11. The number of fused-ring (bicyclic) bond motifs is 3. The van der Waals surface area contributed by atoms with Gasteiger partial charge in [-0.3, -0.25) is 14.8 Å². The Morgan fingerprint density at radius 1 is 1.18 bits per heavy atom. The summed E-state index contributed by atoms with van der Waals surface area (Å²) < 4.78 is 12.2. The second-order valence-corrected chi connectivity index (χ2v) is 8.44. The van der Waals surface area contributed by atoms with E-state index in [2.05, 4.69) is 22.1 Å². The van der Waals surface area contributed by atoms with Gasteiger partial charge in [0.1, 0.15) is 5.69 Å². The van der Waals surface area contributed by atoms with Crippen LogP contribution in [0, 0.1) is 5.92 Å². The Kier molecular flexibility index (Phi) is 4.52. The lowest BCUT2D eigenvalue weighted by Crippen LogP contribution is -2.49. The third-order valence-electron chi connectivity index (χ3n) is 6.99. The monoisotopic (exact) mass is 378 g/mol. The average Bonchev–Trinajstić information content (AvgIpc) is 3.12. The molecule has 0 radical (unpaired) electrons. The molecule has 1 saturated heterocycles. The van der Waals surface area contributed by atoms with E-state index in [4.69, 9.17) is 9.47 Å². The first kappa shape index (κ1) is 18.0. The first-order valence-corrected chi connectivity index (χ1v) is 10.4. The summed E-state index contributed by atoms with van der Waals surface area (Å²) in [6.07, 6.45) is 11.6. The zero-order chi connectivity index (χ0) is 19.0. The maximum atomic E-state index is 11.3. The number of nitrogens with zero attached hydrogens (tertiary/aromatic N) is 2. The lowest BCUT2D eigenvalue weighted by Gasteiger charge is -2.49. The first-order chi connectivity index (χ1) is 13.7. The highest BCUT2D eigenvalue weighted by Crippen LogP contribution is 2.54. The summed E-state index contributed by atoms with van der Waals surface area (Å²) in [5.41, 5.74) is 4.19. The Balaban J connectivity index is 1.60. The molecule has 2 aromatic heterocycles. The van der Waals surface area contributed by atoms with Gasteiger partial charge in [0, 0.05) is 36.3 Å². The predicted octanol–water partition coefficient (Wildman–Crippen LogP) is 3.65. The molecule has 146 valence electrons. The molecule has 3 heterocycles. The van der Waals surface area contributed by atoms with E-state index in [1.54, 1.807) is 0 Å². The van der Waals surface area contributed by atoms with Crippen LogP contribution < -0.4 is 0 Å². The van der Waals surface area contributed by atoms with Gasteiger partial charge in [-0.1, -0.05) is 6.07 Å². The molecule has 2 aromatic rings. The summed E-state index contributed by atoms with van der Waals surface area (Å²) in [7, 11) is 0. The highest BCUT2D eigenvalue weighted by atomic mass is 16.7. The Morgan fingerprint density at radius 3 is 2.86 bits per heavy atom. The van der Waals surface area contributed by atoms with E-state index >= 15 is 0 Å². The number of pyridine rings is 2. The highest BCUT2D eigenvalue weighted by Gasteiger charge is 2.53. The van der Waals surface area contributed by atoms with Crippen molar-refractivity contribution in [3.8, 4) is 0 Å². The van der Waals surface area contributed by atoms with Crippen molar-refractivity contribution in [2.24, 2.45) is 5.92 Å². The summed E-state index contributed by atoms with van der Waals surface area (Å²) in [6.45, 7) is 1.39. The molecule has 0 amide bonds. The highest BCUT2D eigenvalue weighted by molar-refractivity contribution is 5.72. The van der Waals surface area contributed by atoms with E-state index in [0.29, 0.717) is 24.8 Å². The lowest BCUT2D eigenvalue weighted by molar-refractivity contribution is -0.199. The van der Waals surface area contributed by atoms with Crippen molar-refractivity contribution in [1.29, 1.82) is 0 Å². The van der Waals surface area contributed by atoms with Crippen LogP contribution in [-0.4, -0.2) is 35.3 Å². The number of carbonyl (C=O) groups excluding carboxylic acids is 1. The van der Waals surface area contributed by atoms with Gasteiger partial charge in [0.25, 0.3) is 0 Å². The maximum absolute atomic E-state index is 11.3. The first-order valence-electron chi connectivity index (χ1n) is 10.4. The van der Waals surface area contributed by atoms with Crippen LogP contribution in [0.15, 0.2) is 36.7 Å². The van der Waals surface area contributed by atoms with Crippen LogP contribution in [0.5, 0.6) is 0 Å². The van der Waals surface area contributed by atoms with Gasteiger partial charge in [0.2, 0.25) is 0 Å². The molecular weight excluding hydrogens is 352 g/mol. The number of aryl methyl sites for hydroxylation is 1. The van der Waals surface area contributed by atoms with Gasteiger partial charge in [-0.05, 0) is 67.3 Å². The number of rotatable bonds is 3. The molecule has 2 atom stereocenters. The molecule has 2 fully saturated rings. The van der Waals surface area contributed by atoms with Gasteiger partial charge in [-0.2, -0.15) is 0 Å². The van der Waals surface area contributed by atoms with Gasteiger partial charge in [0.05, 0.1) is 13.2 Å². The van der Waals surface area contributed by atoms with Gasteiger partial charge in [0.15, 0.2) is 12.1 Å². The summed E-state index contributed by atoms with van der Waals surface area (Å²) in [5.74, 6) is 0.0466. The minimum Gasteiger partial charge on any atom is -0.348 e.